The summed E-state index contributed by atoms with van der Waals surface area (Å²) in [5.74, 6) is 0. The molecule has 0 N–H and O–H groups in total. The first-order valence-electron chi connectivity index (χ1n) is 7.20. The van der Waals surface area contributed by atoms with Crippen molar-refractivity contribution >= 4 is 28.6 Å². The lowest BCUT2D eigenvalue weighted by Gasteiger charge is -2.10. The van der Waals surface area contributed by atoms with Crippen LogP contribution in [0.5, 0.6) is 0 Å². The second-order valence-corrected chi connectivity index (χ2v) is 6.20. The van der Waals surface area contributed by atoms with Crippen LogP contribution in [0.1, 0.15) is 30.7 Å². The van der Waals surface area contributed by atoms with E-state index in [1.165, 1.54) is 0 Å². The Bertz CT molecular complexity index is 666. The van der Waals surface area contributed by atoms with Gasteiger partial charge in [-0.05, 0) is 36.2 Å². The molecule has 1 unspecified atom stereocenters. The fraction of sp³-hybridized carbons (Fsp3) is 0.312. The highest BCUT2D eigenvalue weighted by Gasteiger charge is 2.23. The number of nitrogens with zero attached hydrogens (tertiary/aromatic N) is 3. The van der Waals surface area contributed by atoms with Crippen LogP contribution in [-0.4, -0.2) is 9.29 Å². The number of benzene rings is 1. The first-order valence-corrected chi connectivity index (χ1v) is 8.61. The summed E-state index contributed by atoms with van der Waals surface area (Å²) >= 11 is 4.35. The average molecular weight is 340 g/mol. The smallest absolute Gasteiger partial charge is 0.161 e. The summed E-state index contributed by atoms with van der Waals surface area (Å²) in [5, 5.41) is 0.606. The third kappa shape index (κ3) is 3.91. The number of aromatic nitrogens is 1. The number of pyridine rings is 1. The van der Waals surface area contributed by atoms with Crippen LogP contribution in [0.25, 0.3) is 0 Å². The normalized spacial score (nSPS) is 15.1. The van der Waals surface area contributed by atoms with E-state index in [4.69, 9.17) is 11.6 Å². The summed E-state index contributed by atoms with van der Waals surface area (Å²) in [4.78, 5) is 4.26. The zero-order valence-corrected chi connectivity index (χ0v) is 14.5. The lowest BCUT2D eigenvalue weighted by Crippen LogP contribution is -2.15. The van der Waals surface area contributed by atoms with Gasteiger partial charge in [-0.2, -0.15) is 4.36 Å². The van der Waals surface area contributed by atoms with Crippen LogP contribution >= 0.6 is 11.6 Å². The van der Waals surface area contributed by atoms with Crippen molar-refractivity contribution in [3.8, 4) is 0 Å². The molecule has 22 heavy (non-hydrogen) atoms. The number of aryl methyl sites for hydroxylation is 1. The molecule has 1 aromatic carbocycles. The van der Waals surface area contributed by atoms with Gasteiger partial charge < -0.3 is 0 Å². The van der Waals surface area contributed by atoms with E-state index in [9.17, 15) is 3.89 Å². The first kappa shape index (κ1) is 17.1. The predicted molar refractivity (Wildman–Crippen MR) is 91.6 cm³/mol. The Morgan fingerprint density at radius 2 is 2.05 bits per heavy atom. The number of hydrogen-bond acceptors (Lipinski definition) is 2. The largest absolute Gasteiger partial charge is 0.260 e. The summed E-state index contributed by atoms with van der Waals surface area (Å²) in [6.45, 7) is 6.95. The second kappa shape index (κ2) is 7.81. The van der Waals surface area contributed by atoms with Crippen molar-refractivity contribution in [1.29, 1.82) is 0 Å². The molecule has 3 nitrogen and oxygen atoms in total. The Morgan fingerprint density at radius 3 is 2.73 bits per heavy atom. The van der Waals surface area contributed by atoms with Gasteiger partial charge in [0.25, 0.3) is 0 Å². The molecular formula is C16H19ClFN3S. The Labute approximate surface area is 138 Å². The van der Waals surface area contributed by atoms with E-state index in [0.29, 0.717) is 23.8 Å². The maximum absolute atomic E-state index is 14.3. The third-order valence-electron chi connectivity index (χ3n) is 3.21. The van der Waals surface area contributed by atoms with E-state index in [-0.39, 0.29) is 0 Å². The molecule has 1 aliphatic heterocycles. The molecule has 0 fully saturated rings. The molecule has 0 bridgehead atoms. The minimum absolute atomic E-state index is 0.499. The average Bonchev–Trinajstić information content (AvgIpc) is 2.97. The van der Waals surface area contributed by atoms with Crippen LogP contribution in [0.3, 0.4) is 0 Å². The molecule has 0 radical (unpaired) electrons. The zero-order valence-electron chi connectivity index (χ0n) is 12.9. The minimum Gasteiger partial charge on any atom is -0.260 e. The van der Waals surface area contributed by atoms with Crippen LogP contribution in [0.4, 0.5) is 9.57 Å². The van der Waals surface area contributed by atoms with Gasteiger partial charge in [-0.3, -0.25) is 4.98 Å². The van der Waals surface area contributed by atoms with Crippen molar-refractivity contribution in [1.82, 2.24) is 9.29 Å². The van der Waals surface area contributed by atoms with Crippen molar-refractivity contribution in [3.05, 3.63) is 58.4 Å². The molecule has 6 heteroatoms. The lowest BCUT2D eigenvalue weighted by molar-refractivity contribution is 0.479. The molecule has 2 heterocycles. The SMILES string of the molecule is CC.Cc1ccc(N=S(F)N2Cc3cccnc3C2)cc1Cl. The standard InChI is InChI=1S/C14H13ClFN3S.C2H6/c1-10-4-5-12(7-13(10)15)18-20(16)19-8-11-3-2-6-17-14(11)9-19;1-2/h2-7H,8-9H2,1H3;1-2H3. The third-order valence-corrected chi connectivity index (χ3v) is 4.66. The van der Waals surface area contributed by atoms with Crippen molar-refractivity contribution in [2.75, 3.05) is 0 Å². The number of rotatable bonds is 2. The van der Waals surface area contributed by atoms with Gasteiger partial charge in [-0.25, -0.2) is 4.31 Å². The molecule has 0 saturated heterocycles. The van der Waals surface area contributed by atoms with Gasteiger partial charge in [0.1, 0.15) is 0 Å². The Morgan fingerprint density at radius 1 is 1.27 bits per heavy atom. The molecule has 0 aliphatic carbocycles. The highest BCUT2D eigenvalue weighted by atomic mass is 35.5. The lowest BCUT2D eigenvalue weighted by atomic mass is 10.2. The summed E-state index contributed by atoms with van der Waals surface area (Å²) < 4.78 is 20.1. The summed E-state index contributed by atoms with van der Waals surface area (Å²) in [6.07, 6.45) is 1.73. The predicted octanol–water partition coefficient (Wildman–Crippen LogP) is 5.32. The highest BCUT2D eigenvalue weighted by molar-refractivity contribution is 7.79. The van der Waals surface area contributed by atoms with Crippen molar-refractivity contribution in [3.63, 3.8) is 0 Å². The maximum atomic E-state index is 14.3. The molecule has 2 aromatic rings. The van der Waals surface area contributed by atoms with Gasteiger partial charge in [0, 0.05) is 17.8 Å². The zero-order chi connectivity index (χ0) is 16.1. The van der Waals surface area contributed by atoms with Gasteiger partial charge in [0.2, 0.25) is 0 Å². The molecule has 0 saturated carbocycles. The van der Waals surface area contributed by atoms with E-state index in [2.05, 4.69) is 9.35 Å². The van der Waals surface area contributed by atoms with Crippen LogP contribution < -0.4 is 0 Å². The monoisotopic (exact) mass is 339 g/mol. The van der Waals surface area contributed by atoms with Gasteiger partial charge in [-0.15, -0.1) is 3.89 Å². The van der Waals surface area contributed by atoms with E-state index in [1.54, 1.807) is 22.6 Å². The molecule has 0 spiro atoms. The molecule has 1 aromatic heterocycles. The van der Waals surface area contributed by atoms with Crippen molar-refractivity contribution in [2.45, 2.75) is 33.9 Å². The fourth-order valence-corrected chi connectivity index (χ4v) is 3.11. The van der Waals surface area contributed by atoms with Crippen LogP contribution in [0.15, 0.2) is 40.9 Å². The van der Waals surface area contributed by atoms with Crippen LogP contribution in [-0.2, 0) is 24.4 Å². The molecule has 1 aliphatic rings. The maximum Gasteiger partial charge on any atom is 0.161 e. The molecule has 1 atom stereocenters. The molecular weight excluding hydrogens is 321 g/mol. The van der Waals surface area contributed by atoms with Gasteiger partial charge in [-0.1, -0.05) is 37.6 Å². The summed E-state index contributed by atoms with van der Waals surface area (Å²) in [7, 11) is 0. The van der Waals surface area contributed by atoms with E-state index in [0.717, 1.165) is 16.8 Å². The second-order valence-electron chi connectivity index (χ2n) is 4.65. The first-order chi connectivity index (χ1) is 10.6. The van der Waals surface area contributed by atoms with Gasteiger partial charge in [0.15, 0.2) is 11.3 Å². The van der Waals surface area contributed by atoms with Gasteiger partial charge >= 0.3 is 0 Å². The summed E-state index contributed by atoms with van der Waals surface area (Å²) in [6, 6.07) is 9.16. The van der Waals surface area contributed by atoms with E-state index in [1.807, 2.05) is 39.0 Å². The Balaban J connectivity index is 0.000000847. The number of fused-ring (bicyclic) bond motifs is 1. The van der Waals surface area contributed by atoms with E-state index >= 15 is 0 Å². The van der Waals surface area contributed by atoms with Crippen LogP contribution in [0.2, 0.25) is 5.02 Å². The minimum atomic E-state index is -1.68. The van der Waals surface area contributed by atoms with Crippen molar-refractivity contribution < 1.29 is 3.89 Å². The molecule has 0 amide bonds. The van der Waals surface area contributed by atoms with E-state index < -0.39 is 11.3 Å². The summed E-state index contributed by atoms with van der Waals surface area (Å²) in [5.41, 5.74) is 3.53. The molecule has 118 valence electrons. The number of hydrogen-bond donors (Lipinski definition) is 0. The Kier molecular flexibility index (Phi) is 6.06. The highest BCUT2D eigenvalue weighted by Crippen LogP contribution is 2.27. The van der Waals surface area contributed by atoms with Gasteiger partial charge in [0.05, 0.1) is 17.9 Å². The van der Waals surface area contributed by atoms with Crippen LogP contribution in [0, 0.1) is 6.92 Å². The molecule has 3 rings (SSSR count). The quantitative estimate of drug-likeness (QED) is 0.741. The number of halogens is 2. The Hall–Kier alpha value is -1.30. The van der Waals surface area contributed by atoms with Crippen molar-refractivity contribution in [2.24, 2.45) is 4.36 Å². The topological polar surface area (TPSA) is 28.5 Å². The fourth-order valence-electron chi connectivity index (χ4n) is 2.06.